The second kappa shape index (κ2) is 19.0. The van der Waals surface area contributed by atoms with Crippen LogP contribution >= 0.6 is 0 Å². The van der Waals surface area contributed by atoms with Gasteiger partial charge in [0.15, 0.2) is 0 Å². The first-order valence-electron chi connectivity index (χ1n) is 24.4. The van der Waals surface area contributed by atoms with Crippen LogP contribution in [0.4, 0.5) is 56.9 Å². The monoisotopic (exact) mass is 900 g/mol. The van der Waals surface area contributed by atoms with Gasteiger partial charge in [-0.25, -0.2) is 0 Å². The Morgan fingerprint density at radius 3 is 0.843 bits per heavy atom. The van der Waals surface area contributed by atoms with E-state index in [9.17, 15) is 0 Å². The molecule has 0 spiro atoms. The molecule has 0 aliphatic heterocycles. The van der Waals surface area contributed by atoms with Crippen LogP contribution in [0.15, 0.2) is 278 Å². The van der Waals surface area contributed by atoms with Gasteiger partial charge >= 0.3 is 0 Å². The number of hydrogen-bond acceptors (Lipinski definition) is 4. The van der Waals surface area contributed by atoms with Crippen LogP contribution in [0.5, 0.6) is 0 Å². The first kappa shape index (κ1) is 42.5. The first-order chi connectivity index (χ1) is 34.7. The zero-order valence-corrected chi connectivity index (χ0v) is 39.0. The molecule has 0 radical (unpaired) electrons. The van der Waals surface area contributed by atoms with Gasteiger partial charge in [0.2, 0.25) is 0 Å². The molecule has 4 nitrogen and oxygen atoms in total. The Hall–Kier alpha value is -8.86. The van der Waals surface area contributed by atoms with Crippen molar-refractivity contribution < 1.29 is 0 Å². The summed E-state index contributed by atoms with van der Waals surface area (Å²) in [5, 5.41) is 7.37. The molecule has 0 atom stereocenters. The Morgan fingerprint density at radius 2 is 0.500 bits per heavy atom. The number of fused-ring (bicyclic) bond motifs is 3. The fraction of sp³-hybridized carbons (Fsp3) is 0.0606. The second-order valence-electron chi connectivity index (χ2n) is 18.1. The topological polar surface area (TPSA) is 13.0 Å². The van der Waals surface area contributed by atoms with E-state index >= 15 is 0 Å². The summed E-state index contributed by atoms with van der Waals surface area (Å²) in [7, 11) is 0. The van der Waals surface area contributed by atoms with E-state index in [1.165, 1.54) is 43.7 Å². The Bertz CT molecular complexity index is 3450. The molecule has 0 heterocycles. The van der Waals surface area contributed by atoms with E-state index in [1.807, 2.05) is 0 Å². The minimum absolute atomic E-state index is 0.971. The average Bonchev–Trinajstić information content (AvgIpc) is 3.43. The molecule has 12 rings (SSSR count). The van der Waals surface area contributed by atoms with Crippen LogP contribution < -0.4 is 19.6 Å². The fourth-order valence-corrected chi connectivity index (χ4v) is 10.2. The molecule has 10 aromatic carbocycles. The molecule has 0 fully saturated rings. The van der Waals surface area contributed by atoms with Crippen molar-refractivity contribution in [3.63, 3.8) is 0 Å². The van der Waals surface area contributed by atoms with Gasteiger partial charge in [-0.3, -0.25) is 0 Å². The second-order valence-corrected chi connectivity index (χ2v) is 18.1. The van der Waals surface area contributed by atoms with Crippen molar-refractivity contribution >= 4 is 89.2 Å². The quantitative estimate of drug-likeness (QED) is 0.121. The van der Waals surface area contributed by atoms with Crippen molar-refractivity contribution in [3.8, 4) is 0 Å². The molecule has 2 aliphatic carbocycles. The van der Waals surface area contributed by atoms with Gasteiger partial charge in [-0.15, -0.1) is 0 Å². The first-order valence-corrected chi connectivity index (χ1v) is 24.4. The lowest BCUT2D eigenvalue weighted by molar-refractivity contribution is 0.918. The summed E-state index contributed by atoms with van der Waals surface area (Å²) in [4.78, 5) is 9.58. The van der Waals surface area contributed by atoms with E-state index in [0.29, 0.717) is 0 Å². The number of allylic oxidation sites excluding steroid dienone is 8. The van der Waals surface area contributed by atoms with E-state index in [-0.39, 0.29) is 0 Å². The lowest BCUT2D eigenvalue weighted by Crippen LogP contribution is -2.18. The Morgan fingerprint density at radius 1 is 0.229 bits per heavy atom. The van der Waals surface area contributed by atoms with Crippen molar-refractivity contribution in [2.75, 3.05) is 19.6 Å². The molecular weight excluding hydrogens is 849 g/mol. The average molecular weight is 901 g/mol. The standard InChI is InChI=1S/C66H52N4/c1-4-22-55(23-5-1)68(64-31-28-49-16-10-13-19-52(49)46-64)61-40-34-58(35-41-61)67(59-36-42-62(43-37-59)69(56-24-6-2-7-25-56)65-32-29-50-17-11-14-20-53(50)47-65)60-38-44-63(45-39-60)70(57-26-8-3-9-27-57)66-33-30-51-18-12-15-21-54(51)48-66/h1-6,8,10-24,26,28-48H,7,9,25,27H2. The normalized spacial score (nSPS) is 13.3. The maximum Gasteiger partial charge on any atom is 0.0468 e. The Balaban J connectivity index is 0.955. The van der Waals surface area contributed by atoms with Gasteiger partial charge in [-0.2, -0.15) is 0 Å². The molecule has 0 unspecified atom stereocenters. The van der Waals surface area contributed by atoms with Crippen LogP contribution in [0, 0.1) is 0 Å². The molecule has 0 amide bonds. The molecule has 336 valence electrons. The van der Waals surface area contributed by atoms with Gasteiger partial charge in [0, 0.05) is 68.3 Å². The van der Waals surface area contributed by atoms with Crippen molar-refractivity contribution in [2.45, 2.75) is 25.7 Å². The minimum atomic E-state index is 0.971. The maximum absolute atomic E-state index is 2.43. The summed E-state index contributed by atoms with van der Waals surface area (Å²) in [5.74, 6) is 0. The molecular formula is C66H52N4. The summed E-state index contributed by atoms with van der Waals surface area (Å²) in [6, 6.07) is 84.0. The molecule has 70 heavy (non-hydrogen) atoms. The lowest BCUT2D eigenvalue weighted by Gasteiger charge is -2.32. The van der Waals surface area contributed by atoms with E-state index in [2.05, 4.69) is 287 Å². The third-order valence-corrected chi connectivity index (χ3v) is 13.6. The predicted molar refractivity (Wildman–Crippen MR) is 298 cm³/mol. The van der Waals surface area contributed by atoms with Crippen molar-refractivity contribution in [2.24, 2.45) is 0 Å². The number of benzene rings is 10. The third kappa shape index (κ3) is 8.52. The van der Waals surface area contributed by atoms with E-state index in [1.54, 1.807) is 0 Å². The highest BCUT2D eigenvalue weighted by molar-refractivity contribution is 5.92. The van der Waals surface area contributed by atoms with E-state index in [0.717, 1.165) is 82.6 Å². The van der Waals surface area contributed by atoms with Crippen molar-refractivity contribution in [3.05, 3.63) is 278 Å². The number of anilines is 10. The summed E-state index contributed by atoms with van der Waals surface area (Å²) >= 11 is 0. The minimum Gasteiger partial charge on any atom is -0.314 e. The fourth-order valence-electron chi connectivity index (χ4n) is 10.2. The van der Waals surface area contributed by atoms with Crippen LogP contribution in [-0.2, 0) is 0 Å². The molecule has 0 saturated heterocycles. The highest BCUT2D eigenvalue weighted by atomic mass is 15.2. The summed E-state index contributed by atoms with van der Waals surface area (Å²) < 4.78 is 0. The third-order valence-electron chi connectivity index (χ3n) is 13.6. The van der Waals surface area contributed by atoms with Gasteiger partial charge in [0.05, 0.1) is 0 Å². The van der Waals surface area contributed by atoms with Crippen LogP contribution in [-0.4, -0.2) is 0 Å². The largest absolute Gasteiger partial charge is 0.314 e. The van der Waals surface area contributed by atoms with E-state index in [4.69, 9.17) is 0 Å². The van der Waals surface area contributed by atoms with Gasteiger partial charge in [0.25, 0.3) is 0 Å². The zero-order chi connectivity index (χ0) is 46.6. The van der Waals surface area contributed by atoms with Crippen LogP contribution in [0.1, 0.15) is 25.7 Å². The number of rotatable bonds is 12. The van der Waals surface area contributed by atoms with E-state index < -0.39 is 0 Å². The van der Waals surface area contributed by atoms with Crippen LogP contribution in [0.2, 0.25) is 0 Å². The van der Waals surface area contributed by atoms with Gasteiger partial charge in [0.1, 0.15) is 0 Å². The van der Waals surface area contributed by atoms with Crippen molar-refractivity contribution in [1.29, 1.82) is 0 Å². The highest BCUT2D eigenvalue weighted by Gasteiger charge is 2.21. The highest BCUT2D eigenvalue weighted by Crippen LogP contribution is 2.43. The molecule has 2 aliphatic rings. The molecule has 0 bridgehead atoms. The number of nitrogens with zero attached hydrogens (tertiary/aromatic N) is 4. The predicted octanol–water partition coefficient (Wildman–Crippen LogP) is 18.8. The molecule has 0 aromatic heterocycles. The Kier molecular flexibility index (Phi) is 11.6. The van der Waals surface area contributed by atoms with Gasteiger partial charge in [-0.05, 0) is 191 Å². The SMILES string of the molecule is C1=CCCC(N(c2ccc(N(c3ccc(N(C4=CC=CCC4)c4ccc5ccccc5c4)cc3)c3ccc(N(c4ccccc4)c4ccc5ccccc5c4)cc3)cc2)c2ccc3ccccc3c2)=C1. The van der Waals surface area contributed by atoms with Gasteiger partial charge in [-0.1, -0.05) is 133 Å². The number of para-hydroxylation sites is 1. The Labute approximate surface area is 410 Å². The molecule has 10 aromatic rings. The van der Waals surface area contributed by atoms with Crippen molar-refractivity contribution in [1.82, 2.24) is 0 Å². The van der Waals surface area contributed by atoms with Crippen LogP contribution in [0.3, 0.4) is 0 Å². The molecule has 0 N–H and O–H groups in total. The zero-order valence-electron chi connectivity index (χ0n) is 39.0. The van der Waals surface area contributed by atoms with Crippen LogP contribution in [0.25, 0.3) is 32.3 Å². The molecule has 0 saturated carbocycles. The lowest BCUT2D eigenvalue weighted by atomic mass is 10.0. The maximum atomic E-state index is 2.43. The summed E-state index contributed by atoms with van der Waals surface area (Å²) in [6.45, 7) is 0. The smallest absolute Gasteiger partial charge is 0.0468 e. The summed E-state index contributed by atoms with van der Waals surface area (Å²) in [6.07, 6.45) is 17.4. The molecule has 4 heteroatoms. The summed E-state index contributed by atoms with van der Waals surface area (Å²) in [5.41, 5.74) is 13.6. The van der Waals surface area contributed by atoms with Gasteiger partial charge < -0.3 is 19.6 Å². The number of hydrogen-bond donors (Lipinski definition) is 0.